The molecule has 62 heavy (non-hydrogen) atoms. The van der Waals surface area contributed by atoms with Crippen LogP contribution in [0, 0.1) is 10.3 Å². The van der Waals surface area contributed by atoms with Crippen LogP contribution in [0.25, 0.3) is 28.0 Å². The molecule has 0 aromatic heterocycles. The van der Waals surface area contributed by atoms with Gasteiger partial charge in [0, 0.05) is 51.2 Å². The molecule has 8 heteroatoms. The first-order valence-electron chi connectivity index (χ1n) is 22.3. The average molecular weight is 843 g/mol. The predicted octanol–water partition coefficient (Wildman–Crippen LogP) is 13.0. The number of methoxy groups -OCH3 is 1. The molecule has 6 aromatic rings. The molecule has 0 N–H and O–H groups in total. The molecule has 0 bridgehead atoms. The SMILES string of the molecule is CCC1(CC)CCC2(CC1)c1ccccc1-c1c2c2c(c3cc(OC)c(Sc4ccccc4)cc13)OC(c1ccc(OCCN=O)cc1)(c1ccc(N3CCOCC3)cc1)C=C2. The molecule has 2 aliphatic carbocycles. The van der Waals surface area contributed by atoms with Gasteiger partial charge in [0.1, 0.15) is 30.4 Å². The molecule has 2 aliphatic heterocycles. The quantitative estimate of drug-likeness (QED) is 0.0898. The Labute approximate surface area is 369 Å². The highest BCUT2D eigenvalue weighted by molar-refractivity contribution is 7.99. The summed E-state index contributed by atoms with van der Waals surface area (Å²) in [4.78, 5) is 15.4. The van der Waals surface area contributed by atoms with Crippen LogP contribution in [0.3, 0.4) is 0 Å². The van der Waals surface area contributed by atoms with Gasteiger partial charge in [-0.25, -0.2) is 0 Å². The third-order valence-corrected chi connectivity index (χ3v) is 15.6. The molecular weight excluding hydrogens is 789 g/mol. The molecule has 7 nitrogen and oxygen atoms in total. The van der Waals surface area contributed by atoms with E-state index < -0.39 is 5.60 Å². The lowest BCUT2D eigenvalue weighted by Crippen LogP contribution is -2.38. The number of fused-ring (bicyclic) bond motifs is 10. The number of nitroso groups, excluding NO2 is 1. The smallest absolute Gasteiger partial charge is 0.178 e. The molecule has 316 valence electrons. The Hall–Kier alpha value is -5.57. The second-order valence-corrected chi connectivity index (χ2v) is 18.4. The minimum atomic E-state index is -0.976. The Kier molecular flexibility index (Phi) is 10.9. The molecule has 1 atom stereocenters. The van der Waals surface area contributed by atoms with Crippen molar-refractivity contribution in [2.24, 2.45) is 10.6 Å². The van der Waals surface area contributed by atoms with Crippen LogP contribution in [-0.2, 0) is 15.8 Å². The molecule has 1 spiro atoms. The standard InChI is InChI=1S/C54H54N2O5S/c1-4-52(5-2)25-27-53(28-26-52)46-14-10-9-13-42(46)49-44-36-48(62-41-11-7-6-8-12-41)47(58-3)35-45(44)51-43(50(49)53)23-24-54(61-51,38-17-21-40(22-18-38)60-32-29-55-57)37-15-19-39(20-16-37)56-30-33-59-34-31-56/h6-24,35-36H,4-5,25-34H2,1-3H3. The molecule has 4 aliphatic rings. The van der Waals surface area contributed by atoms with E-state index in [2.05, 4.69) is 139 Å². The summed E-state index contributed by atoms with van der Waals surface area (Å²) in [5.41, 5.74) is 9.09. The summed E-state index contributed by atoms with van der Waals surface area (Å²) in [7, 11) is 1.77. The zero-order valence-corrected chi connectivity index (χ0v) is 36.8. The van der Waals surface area contributed by atoms with Gasteiger partial charge >= 0.3 is 0 Å². The van der Waals surface area contributed by atoms with Gasteiger partial charge in [0.25, 0.3) is 0 Å². The molecule has 1 unspecified atom stereocenters. The van der Waals surface area contributed by atoms with Gasteiger partial charge < -0.3 is 23.8 Å². The number of hydrogen-bond acceptors (Lipinski definition) is 8. The molecule has 2 fully saturated rings. The number of hydrogen-bond donors (Lipinski definition) is 0. The third kappa shape index (κ3) is 6.78. The summed E-state index contributed by atoms with van der Waals surface area (Å²) in [6, 6.07) is 41.4. The first kappa shape index (κ1) is 40.5. The fourth-order valence-corrected chi connectivity index (χ4v) is 11.9. The number of benzene rings is 6. The first-order chi connectivity index (χ1) is 30.4. The predicted molar refractivity (Wildman–Crippen MR) is 251 cm³/mol. The third-order valence-electron chi connectivity index (χ3n) is 14.6. The highest BCUT2D eigenvalue weighted by Crippen LogP contribution is 2.65. The van der Waals surface area contributed by atoms with E-state index in [1.54, 1.807) is 18.9 Å². The van der Waals surface area contributed by atoms with Gasteiger partial charge in [-0.05, 0) is 113 Å². The van der Waals surface area contributed by atoms with Crippen molar-refractivity contribution in [3.8, 4) is 28.4 Å². The van der Waals surface area contributed by atoms with Crippen LogP contribution in [-0.4, -0.2) is 46.6 Å². The van der Waals surface area contributed by atoms with Crippen LogP contribution in [0.5, 0.6) is 17.2 Å². The van der Waals surface area contributed by atoms with Crippen molar-refractivity contribution in [2.45, 2.75) is 73.2 Å². The van der Waals surface area contributed by atoms with E-state index in [-0.39, 0.29) is 18.6 Å². The van der Waals surface area contributed by atoms with E-state index in [0.717, 1.165) is 82.5 Å². The zero-order valence-electron chi connectivity index (χ0n) is 36.0. The number of nitrogens with zero attached hydrogens (tertiary/aromatic N) is 2. The zero-order chi connectivity index (χ0) is 42.3. The van der Waals surface area contributed by atoms with Crippen molar-refractivity contribution in [3.63, 3.8) is 0 Å². The fourth-order valence-electron chi connectivity index (χ4n) is 10.9. The Morgan fingerprint density at radius 2 is 1.48 bits per heavy atom. The van der Waals surface area contributed by atoms with Gasteiger partial charge in [-0.2, -0.15) is 4.91 Å². The Morgan fingerprint density at radius 3 is 2.18 bits per heavy atom. The van der Waals surface area contributed by atoms with Crippen LogP contribution >= 0.6 is 11.8 Å². The largest absolute Gasteiger partial charge is 0.496 e. The van der Waals surface area contributed by atoms with Gasteiger partial charge in [-0.1, -0.05) is 116 Å². The van der Waals surface area contributed by atoms with Crippen LogP contribution in [0.1, 0.15) is 80.2 Å². The molecule has 10 rings (SSSR count). The molecule has 2 heterocycles. The Balaban J connectivity index is 1.21. The maximum Gasteiger partial charge on any atom is 0.178 e. The topological polar surface area (TPSA) is 69.6 Å². The van der Waals surface area contributed by atoms with Crippen molar-refractivity contribution in [3.05, 3.63) is 154 Å². The van der Waals surface area contributed by atoms with Crippen molar-refractivity contribution in [1.29, 1.82) is 0 Å². The molecule has 6 aromatic carbocycles. The summed E-state index contributed by atoms with van der Waals surface area (Å²) in [6.07, 6.45) is 11.7. The van der Waals surface area contributed by atoms with E-state index in [9.17, 15) is 4.91 Å². The maximum atomic E-state index is 10.8. The van der Waals surface area contributed by atoms with Gasteiger partial charge in [0.05, 0.1) is 25.2 Å². The van der Waals surface area contributed by atoms with Gasteiger partial charge in [-0.15, -0.1) is 0 Å². The minimum absolute atomic E-state index is 0.0967. The second-order valence-electron chi connectivity index (χ2n) is 17.3. The van der Waals surface area contributed by atoms with Crippen LogP contribution in [0.15, 0.2) is 136 Å². The highest BCUT2D eigenvalue weighted by Gasteiger charge is 2.51. The van der Waals surface area contributed by atoms with Gasteiger partial charge in [0.2, 0.25) is 0 Å². The number of morpholine rings is 1. The lowest BCUT2D eigenvalue weighted by atomic mass is 9.58. The molecule has 1 saturated heterocycles. The number of ether oxygens (including phenoxy) is 4. The van der Waals surface area contributed by atoms with Crippen LogP contribution < -0.4 is 19.1 Å². The fraction of sp³-hybridized carbons (Fsp3) is 0.333. The first-order valence-corrected chi connectivity index (χ1v) is 23.2. The van der Waals surface area contributed by atoms with Gasteiger partial charge in [0.15, 0.2) is 5.60 Å². The lowest BCUT2D eigenvalue weighted by molar-refractivity contribution is 0.122. The molecule has 0 radical (unpaired) electrons. The second kappa shape index (κ2) is 16.6. The highest BCUT2D eigenvalue weighted by atomic mass is 32.2. The number of rotatable bonds is 12. The summed E-state index contributed by atoms with van der Waals surface area (Å²) in [5, 5.41) is 5.20. The number of anilines is 1. The average Bonchev–Trinajstić information content (AvgIpc) is 3.62. The lowest BCUT2D eigenvalue weighted by Gasteiger charge is -2.47. The van der Waals surface area contributed by atoms with Gasteiger partial charge in [-0.3, -0.25) is 0 Å². The normalized spacial score (nSPS) is 19.4. The van der Waals surface area contributed by atoms with Crippen molar-refractivity contribution < 1.29 is 18.9 Å². The molecule has 0 amide bonds. The monoisotopic (exact) mass is 842 g/mol. The minimum Gasteiger partial charge on any atom is -0.496 e. The van der Waals surface area contributed by atoms with Crippen molar-refractivity contribution in [2.75, 3.05) is 51.5 Å². The van der Waals surface area contributed by atoms with Crippen LogP contribution in [0.2, 0.25) is 0 Å². The summed E-state index contributed by atoms with van der Waals surface area (Å²) >= 11 is 1.74. The van der Waals surface area contributed by atoms with E-state index in [1.807, 2.05) is 12.1 Å². The van der Waals surface area contributed by atoms with E-state index in [1.165, 1.54) is 59.0 Å². The van der Waals surface area contributed by atoms with E-state index in [4.69, 9.17) is 18.9 Å². The summed E-state index contributed by atoms with van der Waals surface area (Å²) < 4.78 is 25.7. The van der Waals surface area contributed by atoms with E-state index >= 15 is 0 Å². The van der Waals surface area contributed by atoms with Crippen molar-refractivity contribution >= 4 is 34.3 Å². The summed E-state index contributed by atoms with van der Waals surface area (Å²) in [6.45, 7) is 8.27. The molecular formula is C54H54N2O5S. The Morgan fingerprint density at radius 1 is 0.790 bits per heavy atom. The maximum absolute atomic E-state index is 10.8. The van der Waals surface area contributed by atoms with Crippen molar-refractivity contribution in [1.82, 2.24) is 0 Å². The molecule has 1 saturated carbocycles. The van der Waals surface area contributed by atoms with Crippen LogP contribution in [0.4, 0.5) is 5.69 Å². The van der Waals surface area contributed by atoms with E-state index in [0.29, 0.717) is 11.2 Å². The summed E-state index contributed by atoms with van der Waals surface area (Å²) in [5.74, 6) is 2.37. The Bertz CT molecular complexity index is 2620.